The maximum absolute atomic E-state index is 13.6. The summed E-state index contributed by atoms with van der Waals surface area (Å²) >= 11 is 0. The van der Waals surface area contributed by atoms with Gasteiger partial charge in [0.1, 0.15) is 5.75 Å². The minimum absolute atomic E-state index is 0.117. The van der Waals surface area contributed by atoms with E-state index in [1.54, 1.807) is 12.1 Å². The van der Waals surface area contributed by atoms with Crippen LogP contribution in [0.2, 0.25) is 0 Å². The SMILES string of the molecule is CC(C)CC(C)COc1ccc(B2OC(C)(C)C(C)(C)O2)cc1C(F)F. The van der Waals surface area contributed by atoms with Crippen LogP contribution in [-0.2, 0) is 9.31 Å². The fourth-order valence-corrected chi connectivity index (χ4v) is 3.10. The Morgan fingerprint density at radius 2 is 1.62 bits per heavy atom. The molecule has 3 nitrogen and oxygen atoms in total. The summed E-state index contributed by atoms with van der Waals surface area (Å²) in [5, 5.41) is 0. The van der Waals surface area contributed by atoms with E-state index in [0.29, 0.717) is 23.9 Å². The maximum Gasteiger partial charge on any atom is 0.494 e. The molecule has 1 unspecified atom stereocenters. The second-order valence-corrected chi connectivity index (χ2v) is 8.73. The quantitative estimate of drug-likeness (QED) is 0.635. The Kier molecular flexibility index (Phi) is 6.39. The van der Waals surface area contributed by atoms with Gasteiger partial charge in [0.25, 0.3) is 6.43 Å². The Labute approximate surface area is 156 Å². The summed E-state index contributed by atoms with van der Waals surface area (Å²) in [7, 11) is -0.661. The van der Waals surface area contributed by atoms with Gasteiger partial charge >= 0.3 is 7.12 Å². The van der Waals surface area contributed by atoms with Crippen molar-refractivity contribution in [3.8, 4) is 5.75 Å². The van der Waals surface area contributed by atoms with Crippen LogP contribution in [0, 0.1) is 11.8 Å². The lowest BCUT2D eigenvalue weighted by Crippen LogP contribution is -2.41. The van der Waals surface area contributed by atoms with E-state index in [4.69, 9.17) is 14.0 Å². The highest BCUT2D eigenvalue weighted by atomic mass is 19.3. The van der Waals surface area contributed by atoms with Gasteiger partial charge in [0.2, 0.25) is 0 Å². The zero-order chi connectivity index (χ0) is 19.7. The molecule has 0 N–H and O–H groups in total. The van der Waals surface area contributed by atoms with E-state index in [0.717, 1.165) is 6.42 Å². The van der Waals surface area contributed by atoms with Crippen molar-refractivity contribution in [3.05, 3.63) is 23.8 Å². The smallest absolute Gasteiger partial charge is 0.493 e. The molecule has 146 valence electrons. The summed E-state index contributed by atoms with van der Waals surface area (Å²) in [4.78, 5) is 0. The van der Waals surface area contributed by atoms with Crippen molar-refractivity contribution in [1.29, 1.82) is 0 Å². The molecule has 2 rings (SSSR count). The highest BCUT2D eigenvalue weighted by Crippen LogP contribution is 2.37. The van der Waals surface area contributed by atoms with E-state index < -0.39 is 24.7 Å². The third-order valence-electron chi connectivity index (χ3n) is 5.19. The van der Waals surface area contributed by atoms with Crippen LogP contribution in [0.3, 0.4) is 0 Å². The lowest BCUT2D eigenvalue weighted by molar-refractivity contribution is 0.00578. The van der Waals surface area contributed by atoms with Crippen molar-refractivity contribution in [2.24, 2.45) is 11.8 Å². The molecule has 1 aromatic rings. The first-order valence-electron chi connectivity index (χ1n) is 9.33. The first-order valence-corrected chi connectivity index (χ1v) is 9.33. The Morgan fingerprint density at radius 3 is 2.12 bits per heavy atom. The standard InChI is InChI=1S/C20H31BF2O3/c1-13(2)10-14(3)12-24-17-9-8-15(11-16(17)18(22)23)21-25-19(4,5)20(6,7)26-21/h8-9,11,13-14,18H,10,12H2,1-7H3. The van der Waals surface area contributed by atoms with Gasteiger partial charge in [-0.25, -0.2) is 8.78 Å². The average molecular weight is 368 g/mol. The predicted molar refractivity (Wildman–Crippen MR) is 101 cm³/mol. The van der Waals surface area contributed by atoms with E-state index in [9.17, 15) is 8.78 Å². The van der Waals surface area contributed by atoms with Gasteiger partial charge in [-0.2, -0.15) is 0 Å². The first-order chi connectivity index (χ1) is 11.9. The van der Waals surface area contributed by atoms with Gasteiger partial charge in [0.05, 0.1) is 23.4 Å². The monoisotopic (exact) mass is 368 g/mol. The molecule has 6 heteroatoms. The summed E-state index contributed by atoms with van der Waals surface area (Å²) in [5.74, 6) is 1.09. The number of ether oxygens (including phenoxy) is 1. The molecule has 1 aromatic carbocycles. The molecule has 0 aromatic heterocycles. The lowest BCUT2D eigenvalue weighted by atomic mass is 9.78. The van der Waals surface area contributed by atoms with Crippen LogP contribution in [0.15, 0.2) is 18.2 Å². The van der Waals surface area contributed by atoms with Crippen molar-refractivity contribution >= 4 is 12.6 Å². The summed E-state index contributed by atoms with van der Waals surface area (Å²) in [5.41, 5.74) is -0.552. The van der Waals surface area contributed by atoms with Crippen molar-refractivity contribution in [2.45, 2.75) is 72.5 Å². The number of halogens is 2. The largest absolute Gasteiger partial charge is 0.494 e. The van der Waals surface area contributed by atoms with Crippen LogP contribution in [0.1, 0.15) is 66.9 Å². The van der Waals surface area contributed by atoms with Crippen LogP contribution in [0.5, 0.6) is 5.75 Å². The van der Waals surface area contributed by atoms with Gasteiger partial charge in [-0.1, -0.05) is 26.8 Å². The highest BCUT2D eigenvalue weighted by Gasteiger charge is 2.51. The molecule has 1 fully saturated rings. The topological polar surface area (TPSA) is 27.7 Å². The third-order valence-corrected chi connectivity index (χ3v) is 5.19. The molecular weight excluding hydrogens is 337 g/mol. The van der Waals surface area contributed by atoms with Gasteiger partial charge in [0, 0.05) is 0 Å². The molecule has 1 saturated heterocycles. The normalized spacial score (nSPS) is 20.0. The summed E-state index contributed by atoms with van der Waals surface area (Å²) in [6.07, 6.45) is -1.62. The van der Waals surface area contributed by atoms with Crippen LogP contribution in [-0.4, -0.2) is 24.9 Å². The van der Waals surface area contributed by atoms with E-state index >= 15 is 0 Å². The maximum atomic E-state index is 13.6. The molecule has 1 aliphatic heterocycles. The summed E-state index contributed by atoms with van der Waals surface area (Å²) in [6.45, 7) is 14.5. The molecule has 1 aliphatic rings. The van der Waals surface area contributed by atoms with Crippen LogP contribution >= 0.6 is 0 Å². The van der Waals surface area contributed by atoms with Gasteiger partial charge in [-0.05, 0) is 63.5 Å². The molecule has 0 spiro atoms. The lowest BCUT2D eigenvalue weighted by Gasteiger charge is -2.32. The Hall–Kier alpha value is -1.14. The van der Waals surface area contributed by atoms with E-state index in [-0.39, 0.29) is 11.3 Å². The van der Waals surface area contributed by atoms with Crippen molar-refractivity contribution < 1.29 is 22.8 Å². The van der Waals surface area contributed by atoms with Crippen molar-refractivity contribution in [2.75, 3.05) is 6.61 Å². The Morgan fingerprint density at radius 1 is 1.04 bits per heavy atom. The van der Waals surface area contributed by atoms with Crippen LogP contribution < -0.4 is 10.2 Å². The second-order valence-electron chi connectivity index (χ2n) is 8.73. The van der Waals surface area contributed by atoms with Gasteiger partial charge in [0.15, 0.2) is 0 Å². The number of alkyl halides is 2. The minimum atomic E-state index is -2.62. The highest BCUT2D eigenvalue weighted by molar-refractivity contribution is 6.62. The second kappa shape index (κ2) is 7.85. The Balaban J connectivity index is 2.16. The average Bonchev–Trinajstić information content (AvgIpc) is 2.72. The number of benzene rings is 1. The van der Waals surface area contributed by atoms with Crippen LogP contribution in [0.25, 0.3) is 0 Å². The molecule has 26 heavy (non-hydrogen) atoms. The minimum Gasteiger partial charge on any atom is -0.493 e. The van der Waals surface area contributed by atoms with Crippen LogP contribution in [0.4, 0.5) is 8.78 Å². The molecule has 1 atom stereocenters. The zero-order valence-corrected chi connectivity index (χ0v) is 16.9. The van der Waals surface area contributed by atoms with Gasteiger partial charge in [-0.15, -0.1) is 0 Å². The predicted octanol–water partition coefficient (Wildman–Crippen LogP) is 4.98. The Bertz CT molecular complexity index is 601. The molecule has 0 amide bonds. The van der Waals surface area contributed by atoms with Crippen molar-refractivity contribution in [1.82, 2.24) is 0 Å². The molecular formula is C20H31BF2O3. The first kappa shape index (κ1) is 21.2. The van der Waals surface area contributed by atoms with Gasteiger partial charge in [-0.3, -0.25) is 0 Å². The fraction of sp³-hybridized carbons (Fsp3) is 0.700. The number of hydrogen-bond acceptors (Lipinski definition) is 3. The molecule has 0 bridgehead atoms. The fourth-order valence-electron chi connectivity index (χ4n) is 3.10. The van der Waals surface area contributed by atoms with E-state index in [1.165, 1.54) is 6.07 Å². The molecule has 0 saturated carbocycles. The molecule has 0 aliphatic carbocycles. The summed E-state index contributed by atoms with van der Waals surface area (Å²) < 4.78 is 44.8. The third kappa shape index (κ3) is 4.77. The summed E-state index contributed by atoms with van der Waals surface area (Å²) in [6, 6.07) is 4.79. The number of rotatable bonds is 7. The number of hydrogen-bond donors (Lipinski definition) is 0. The van der Waals surface area contributed by atoms with Gasteiger partial charge < -0.3 is 14.0 Å². The van der Waals surface area contributed by atoms with E-state index in [1.807, 2.05) is 27.7 Å². The molecule has 1 heterocycles. The van der Waals surface area contributed by atoms with E-state index in [2.05, 4.69) is 20.8 Å². The molecule has 0 radical (unpaired) electrons. The van der Waals surface area contributed by atoms with Crippen molar-refractivity contribution in [3.63, 3.8) is 0 Å². The zero-order valence-electron chi connectivity index (χ0n) is 16.9.